The molecule has 2 aromatic carbocycles. The second-order valence-electron chi connectivity index (χ2n) is 5.95. The molecule has 0 atom stereocenters. The van der Waals surface area contributed by atoms with Crippen LogP contribution in [0.1, 0.15) is 17.3 Å². The fourth-order valence-electron chi connectivity index (χ4n) is 2.75. The SMILES string of the molecule is CCOc1cccc(C(=O)Nc2ccc(Cl)c(-c3nc4ncccc4o3)c2)c1. The van der Waals surface area contributed by atoms with Crippen molar-refractivity contribution in [2.75, 3.05) is 11.9 Å². The number of carbonyl (C=O) groups is 1. The van der Waals surface area contributed by atoms with Crippen molar-refractivity contribution in [1.82, 2.24) is 9.97 Å². The van der Waals surface area contributed by atoms with Crippen LogP contribution < -0.4 is 10.1 Å². The van der Waals surface area contributed by atoms with Gasteiger partial charge in [0.15, 0.2) is 11.2 Å². The van der Waals surface area contributed by atoms with Gasteiger partial charge in [0.2, 0.25) is 5.89 Å². The summed E-state index contributed by atoms with van der Waals surface area (Å²) in [4.78, 5) is 21.1. The van der Waals surface area contributed by atoms with Crippen molar-refractivity contribution < 1.29 is 13.9 Å². The third kappa shape index (κ3) is 3.68. The van der Waals surface area contributed by atoms with Gasteiger partial charge in [-0.25, -0.2) is 4.98 Å². The summed E-state index contributed by atoms with van der Waals surface area (Å²) in [5.74, 6) is 0.730. The first kappa shape index (κ1) is 18.0. The maximum atomic E-state index is 12.6. The lowest BCUT2D eigenvalue weighted by atomic mass is 10.1. The molecule has 6 nitrogen and oxygen atoms in total. The minimum Gasteiger partial charge on any atom is -0.494 e. The van der Waals surface area contributed by atoms with Crippen molar-refractivity contribution in [3.63, 3.8) is 0 Å². The van der Waals surface area contributed by atoms with Crippen molar-refractivity contribution in [2.24, 2.45) is 0 Å². The third-order valence-electron chi connectivity index (χ3n) is 4.03. The smallest absolute Gasteiger partial charge is 0.255 e. The number of rotatable bonds is 5. The lowest BCUT2D eigenvalue weighted by molar-refractivity contribution is 0.102. The van der Waals surface area contributed by atoms with Gasteiger partial charge in [0.05, 0.1) is 17.2 Å². The molecule has 0 radical (unpaired) electrons. The number of pyridine rings is 1. The van der Waals surface area contributed by atoms with Gasteiger partial charge in [0.1, 0.15) is 5.75 Å². The van der Waals surface area contributed by atoms with Crippen LogP contribution in [0.5, 0.6) is 5.75 Å². The van der Waals surface area contributed by atoms with Gasteiger partial charge in [-0.3, -0.25) is 4.79 Å². The third-order valence-corrected chi connectivity index (χ3v) is 4.36. The molecule has 0 bridgehead atoms. The first-order valence-corrected chi connectivity index (χ1v) is 9.07. The van der Waals surface area contributed by atoms with E-state index < -0.39 is 0 Å². The maximum absolute atomic E-state index is 12.6. The molecule has 2 heterocycles. The van der Waals surface area contributed by atoms with Crippen LogP contribution in [-0.4, -0.2) is 22.5 Å². The molecule has 0 fully saturated rings. The average molecular weight is 394 g/mol. The largest absolute Gasteiger partial charge is 0.494 e. The minimum atomic E-state index is -0.256. The van der Waals surface area contributed by atoms with Crippen LogP contribution in [0.25, 0.3) is 22.7 Å². The minimum absolute atomic E-state index is 0.256. The molecule has 0 aliphatic carbocycles. The highest BCUT2D eigenvalue weighted by molar-refractivity contribution is 6.33. The Morgan fingerprint density at radius 1 is 1.18 bits per heavy atom. The van der Waals surface area contributed by atoms with Crippen LogP contribution in [0.2, 0.25) is 5.02 Å². The number of anilines is 1. The molecule has 2 aromatic heterocycles. The van der Waals surface area contributed by atoms with Crippen molar-refractivity contribution in [3.8, 4) is 17.2 Å². The van der Waals surface area contributed by atoms with E-state index in [4.69, 9.17) is 20.8 Å². The van der Waals surface area contributed by atoms with Crippen LogP contribution in [0.4, 0.5) is 5.69 Å². The van der Waals surface area contributed by atoms with E-state index in [2.05, 4.69) is 15.3 Å². The van der Waals surface area contributed by atoms with E-state index in [1.54, 1.807) is 54.7 Å². The van der Waals surface area contributed by atoms with E-state index in [0.29, 0.717) is 51.3 Å². The fraction of sp³-hybridized carbons (Fsp3) is 0.0952. The lowest BCUT2D eigenvalue weighted by Gasteiger charge is -2.09. The number of hydrogen-bond acceptors (Lipinski definition) is 5. The number of halogens is 1. The first-order valence-electron chi connectivity index (χ1n) is 8.70. The van der Waals surface area contributed by atoms with Crippen molar-refractivity contribution >= 4 is 34.4 Å². The standard InChI is InChI=1S/C21H16ClN3O3/c1-2-27-15-6-3-5-13(11-15)20(26)24-14-8-9-17(22)16(12-14)21-25-19-18(28-21)7-4-10-23-19/h3-12H,2H2,1H3,(H,24,26). The Kier molecular flexibility index (Phi) is 4.95. The molecule has 0 saturated carbocycles. The van der Waals surface area contributed by atoms with Gasteiger partial charge in [-0.15, -0.1) is 0 Å². The summed E-state index contributed by atoms with van der Waals surface area (Å²) in [7, 11) is 0. The molecule has 0 aliphatic rings. The molecule has 0 unspecified atom stereocenters. The summed E-state index contributed by atoms with van der Waals surface area (Å²) in [6, 6.07) is 15.7. The number of benzene rings is 2. The monoisotopic (exact) mass is 393 g/mol. The first-order chi connectivity index (χ1) is 13.6. The van der Waals surface area contributed by atoms with E-state index in [1.165, 1.54) is 0 Å². The lowest BCUT2D eigenvalue weighted by Crippen LogP contribution is -2.12. The van der Waals surface area contributed by atoms with E-state index in [0.717, 1.165) is 0 Å². The number of hydrogen-bond donors (Lipinski definition) is 1. The van der Waals surface area contributed by atoms with Gasteiger partial charge < -0.3 is 14.5 Å². The van der Waals surface area contributed by atoms with Crippen LogP contribution in [0.3, 0.4) is 0 Å². The predicted octanol–water partition coefficient (Wildman–Crippen LogP) is 5.19. The Hall–Kier alpha value is -3.38. The van der Waals surface area contributed by atoms with Gasteiger partial charge in [-0.05, 0) is 55.5 Å². The topological polar surface area (TPSA) is 77.2 Å². The zero-order chi connectivity index (χ0) is 19.5. The fourth-order valence-corrected chi connectivity index (χ4v) is 2.95. The highest BCUT2D eigenvalue weighted by Crippen LogP contribution is 2.32. The molecule has 1 amide bonds. The highest BCUT2D eigenvalue weighted by atomic mass is 35.5. The van der Waals surface area contributed by atoms with Gasteiger partial charge >= 0.3 is 0 Å². The highest BCUT2D eigenvalue weighted by Gasteiger charge is 2.14. The number of aromatic nitrogens is 2. The average Bonchev–Trinajstić information content (AvgIpc) is 3.14. The molecule has 0 saturated heterocycles. The number of ether oxygens (including phenoxy) is 1. The molecule has 7 heteroatoms. The molecule has 0 spiro atoms. The second kappa shape index (κ2) is 7.70. The van der Waals surface area contributed by atoms with E-state index in [-0.39, 0.29) is 5.91 Å². The molecular weight excluding hydrogens is 378 g/mol. The van der Waals surface area contributed by atoms with Crippen LogP contribution >= 0.6 is 11.6 Å². The summed E-state index contributed by atoms with van der Waals surface area (Å²) in [6.45, 7) is 2.43. The molecule has 4 rings (SSSR count). The Balaban J connectivity index is 1.62. The molecule has 1 N–H and O–H groups in total. The summed E-state index contributed by atoms with van der Waals surface area (Å²) in [6.07, 6.45) is 1.64. The second-order valence-corrected chi connectivity index (χ2v) is 6.36. The van der Waals surface area contributed by atoms with Gasteiger partial charge in [-0.1, -0.05) is 17.7 Å². The zero-order valence-corrected chi connectivity index (χ0v) is 15.7. The van der Waals surface area contributed by atoms with Crippen molar-refractivity contribution in [3.05, 3.63) is 71.4 Å². The Morgan fingerprint density at radius 3 is 2.89 bits per heavy atom. The Bertz CT molecular complexity index is 1120. The summed E-state index contributed by atoms with van der Waals surface area (Å²) in [5, 5.41) is 3.32. The molecular formula is C21H16ClN3O3. The van der Waals surface area contributed by atoms with Gasteiger partial charge in [0, 0.05) is 17.4 Å². The van der Waals surface area contributed by atoms with Crippen LogP contribution in [0, 0.1) is 0 Å². The van der Waals surface area contributed by atoms with Crippen molar-refractivity contribution in [2.45, 2.75) is 6.92 Å². The zero-order valence-electron chi connectivity index (χ0n) is 15.0. The van der Waals surface area contributed by atoms with Gasteiger partial charge in [0.25, 0.3) is 5.91 Å². The number of oxazole rings is 1. The normalized spacial score (nSPS) is 10.8. The predicted molar refractivity (Wildman–Crippen MR) is 108 cm³/mol. The number of carbonyl (C=O) groups excluding carboxylic acids is 1. The van der Waals surface area contributed by atoms with E-state index in [1.807, 2.05) is 13.0 Å². The summed E-state index contributed by atoms with van der Waals surface area (Å²) >= 11 is 6.32. The van der Waals surface area contributed by atoms with Gasteiger partial charge in [-0.2, -0.15) is 4.98 Å². The number of fused-ring (bicyclic) bond motifs is 1. The molecule has 140 valence electrons. The number of amides is 1. The van der Waals surface area contributed by atoms with Crippen LogP contribution in [0.15, 0.2) is 65.2 Å². The number of nitrogens with zero attached hydrogens (tertiary/aromatic N) is 2. The Labute approximate surface area is 166 Å². The summed E-state index contributed by atoms with van der Waals surface area (Å²) in [5.41, 5.74) is 2.70. The molecule has 0 aliphatic heterocycles. The van der Waals surface area contributed by atoms with E-state index >= 15 is 0 Å². The molecule has 4 aromatic rings. The quantitative estimate of drug-likeness (QED) is 0.504. The maximum Gasteiger partial charge on any atom is 0.255 e. The Morgan fingerprint density at radius 2 is 2.07 bits per heavy atom. The van der Waals surface area contributed by atoms with E-state index in [9.17, 15) is 4.79 Å². The molecule has 28 heavy (non-hydrogen) atoms. The van der Waals surface area contributed by atoms with Crippen molar-refractivity contribution in [1.29, 1.82) is 0 Å². The number of nitrogens with one attached hydrogen (secondary N) is 1. The summed E-state index contributed by atoms with van der Waals surface area (Å²) < 4.78 is 11.2. The van der Waals surface area contributed by atoms with Crippen LogP contribution in [-0.2, 0) is 0 Å².